The largest absolute Gasteiger partial charge is 0.435 e. The molecule has 3 aromatic rings. The maximum absolute atomic E-state index is 14.2. The summed E-state index contributed by atoms with van der Waals surface area (Å²) in [7, 11) is 2.00. The molecule has 0 spiro atoms. The first-order valence-electron chi connectivity index (χ1n) is 9.85. The number of imidazole rings is 1. The molecule has 32 heavy (non-hydrogen) atoms. The zero-order chi connectivity index (χ0) is 23.0. The highest BCUT2D eigenvalue weighted by Crippen LogP contribution is 2.33. The van der Waals surface area contributed by atoms with Crippen LogP contribution in [0.25, 0.3) is 11.5 Å². The predicted octanol–water partition coefficient (Wildman–Crippen LogP) is 3.27. The molecule has 0 aliphatic carbocycles. The van der Waals surface area contributed by atoms with Crippen LogP contribution in [0, 0.1) is 12.7 Å². The Hall–Kier alpha value is -3.41. The highest BCUT2D eigenvalue weighted by Gasteiger charge is 2.36. The van der Waals surface area contributed by atoms with Crippen molar-refractivity contribution in [3.05, 3.63) is 47.2 Å². The Morgan fingerprint density at radius 3 is 2.53 bits per heavy atom. The number of likely N-dealkylation sites (N-methyl/N-ethyl adjacent to an activating group) is 1. The summed E-state index contributed by atoms with van der Waals surface area (Å²) in [5, 5.41) is 8.90. The van der Waals surface area contributed by atoms with Crippen LogP contribution in [0.2, 0.25) is 0 Å². The van der Waals surface area contributed by atoms with E-state index in [1.807, 2.05) is 11.9 Å². The van der Waals surface area contributed by atoms with E-state index in [2.05, 4.69) is 30.4 Å². The number of halogens is 4. The van der Waals surface area contributed by atoms with Gasteiger partial charge in [0.2, 0.25) is 0 Å². The van der Waals surface area contributed by atoms with Crippen LogP contribution in [0.3, 0.4) is 0 Å². The third-order valence-electron chi connectivity index (χ3n) is 5.29. The highest BCUT2D eigenvalue weighted by molar-refractivity contribution is 6.06. The maximum Gasteiger partial charge on any atom is 0.435 e. The lowest BCUT2D eigenvalue weighted by molar-refractivity contribution is -0.141. The van der Waals surface area contributed by atoms with Gasteiger partial charge in [-0.1, -0.05) is 0 Å². The number of carbonyl (C=O) groups is 1. The molecule has 8 nitrogen and oxygen atoms in total. The first-order valence-corrected chi connectivity index (χ1v) is 9.85. The van der Waals surface area contributed by atoms with Crippen LogP contribution >= 0.6 is 0 Å². The summed E-state index contributed by atoms with van der Waals surface area (Å²) in [5.74, 6) is -1.31. The normalized spacial score (nSPS) is 15.2. The van der Waals surface area contributed by atoms with Gasteiger partial charge in [-0.25, -0.2) is 9.37 Å². The number of aryl methyl sites for hydroxylation is 1. The van der Waals surface area contributed by atoms with Gasteiger partial charge < -0.3 is 20.1 Å². The van der Waals surface area contributed by atoms with Crippen LogP contribution in [0.1, 0.15) is 21.7 Å². The number of amides is 1. The molecule has 0 saturated carbocycles. The quantitative estimate of drug-likeness (QED) is 0.530. The average molecular weight is 451 g/mol. The molecular weight excluding hydrogens is 430 g/mol. The highest BCUT2D eigenvalue weighted by atomic mass is 19.4. The van der Waals surface area contributed by atoms with Gasteiger partial charge >= 0.3 is 6.18 Å². The number of piperazine rings is 1. The summed E-state index contributed by atoms with van der Waals surface area (Å²) >= 11 is 0. The number of aromatic nitrogens is 4. The van der Waals surface area contributed by atoms with Crippen molar-refractivity contribution in [2.45, 2.75) is 13.1 Å². The second kappa shape index (κ2) is 8.26. The molecule has 4 rings (SSSR count). The first kappa shape index (κ1) is 21.8. The van der Waals surface area contributed by atoms with Crippen molar-refractivity contribution < 1.29 is 22.4 Å². The number of benzene rings is 1. The molecule has 1 fully saturated rings. The minimum Gasteiger partial charge on any atom is -0.369 e. The number of carbonyl (C=O) groups excluding carboxylic acids is 1. The molecule has 0 atom stereocenters. The molecule has 3 N–H and O–H groups in total. The van der Waals surface area contributed by atoms with Crippen molar-refractivity contribution in [3.63, 3.8) is 0 Å². The fourth-order valence-corrected chi connectivity index (χ4v) is 3.56. The van der Waals surface area contributed by atoms with Gasteiger partial charge in [-0.15, -0.1) is 0 Å². The lowest BCUT2D eigenvalue weighted by Crippen LogP contribution is -2.44. The lowest BCUT2D eigenvalue weighted by atomic mass is 10.1. The minimum absolute atomic E-state index is 0.0765. The Balaban J connectivity index is 1.57. The van der Waals surface area contributed by atoms with E-state index in [0.717, 1.165) is 19.2 Å². The van der Waals surface area contributed by atoms with Gasteiger partial charge in [-0.2, -0.15) is 18.3 Å². The molecule has 2 aromatic heterocycles. The Labute approximate surface area is 180 Å². The van der Waals surface area contributed by atoms with E-state index in [9.17, 15) is 22.4 Å². The van der Waals surface area contributed by atoms with E-state index in [1.54, 1.807) is 6.07 Å². The minimum atomic E-state index is -4.62. The number of H-pyrrole nitrogens is 2. The molecular formula is C20H21F4N7O. The second-order valence-corrected chi connectivity index (χ2v) is 7.66. The molecule has 0 unspecified atom stereocenters. The number of nitrogens with one attached hydrogen (secondary N) is 3. The van der Waals surface area contributed by atoms with Crippen LogP contribution in [-0.2, 0) is 6.18 Å². The van der Waals surface area contributed by atoms with Gasteiger partial charge in [0, 0.05) is 43.1 Å². The Morgan fingerprint density at radius 2 is 1.88 bits per heavy atom. The lowest BCUT2D eigenvalue weighted by Gasteiger charge is -2.34. The molecule has 1 aliphatic rings. The summed E-state index contributed by atoms with van der Waals surface area (Å²) in [6, 6.07) is 4.06. The smallest absolute Gasteiger partial charge is 0.369 e. The third kappa shape index (κ3) is 4.44. The summed E-state index contributed by atoms with van der Waals surface area (Å²) in [6.07, 6.45) is -3.37. The molecule has 1 saturated heterocycles. The second-order valence-electron chi connectivity index (χ2n) is 7.66. The summed E-state index contributed by atoms with van der Waals surface area (Å²) in [6.45, 7) is 4.29. The Morgan fingerprint density at radius 1 is 1.16 bits per heavy atom. The SMILES string of the molecule is Cc1[nH]c(-c2[nH]ncc2NC(=O)c2cc(F)cc(N3CCN(C)CC3)c2)nc1C(F)(F)F. The van der Waals surface area contributed by atoms with Crippen LogP contribution in [-0.4, -0.2) is 64.2 Å². The van der Waals surface area contributed by atoms with E-state index in [-0.39, 0.29) is 28.5 Å². The molecule has 1 amide bonds. The van der Waals surface area contributed by atoms with Crippen LogP contribution < -0.4 is 10.2 Å². The molecule has 170 valence electrons. The molecule has 3 heterocycles. The Kier molecular flexibility index (Phi) is 5.63. The number of anilines is 2. The molecule has 0 radical (unpaired) electrons. The standard InChI is InChI=1S/C20H21F4N7O/c1-11-17(20(22,23)24)28-18(26-11)16-15(10-25-29-16)27-19(32)12-7-13(21)9-14(8-12)31-5-3-30(2)4-6-31/h7-10H,3-6H2,1-2H3,(H,25,29)(H,26,28)(H,27,32). The van der Waals surface area contributed by atoms with Gasteiger partial charge in [-0.05, 0) is 32.2 Å². The molecule has 1 aromatic carbocycles. The van der Waals surface area contributed by atoms with Crippen LogP contribution in [0.5, 0.6) is 0 Å². The van der Waals surface area contributed by atoms with Gasteiger partial charge in [0.25, 0.3) is 5.91 Å². The molecule has 12 heteroatoms. The third-order valence-corrected chi connectivity index (χ3v) is 5.29. The summed E-state index contributed by atoms with van der Waals surface area (Å²) in [5.41, 5.74) is -0.358. The van der Waals surface area contributed by atoms with Gasteiger partial charge in [0.1, 0.15) is 11.5 Å². The van der Waals surface area contributed by atoms with E-state index >= 15 is 0 Å². The van der Waals surface area contributed by atoms with Crippen molar-refractivity contribution in [1.29, 1.82) is 0 Å². The number of aromatic amines is 2. The zero-order valence-electron chi connectivity index (χ0n) is 17.3. The van der Waals surface area contributed by atoms with Gasteiger partial charge in [0.15, 0.2) is 11.5 Å². The number of hydrogen-bond acceptors (Lipinski definition) is 5. The average Bonchev–Trinajstić information content (AvgIpc) is 3.34. The van der Waals surface area contributed by atoms with Crippen LogP contribution in [0.15, 0.2) is 24.4 Å². The predicted molar refractivity (Wildman–Crippen MR) is 110 cm³/mol. The molecule has 0 bridgehead atoms. The maximum atomic E-state index is 14.2. The van der Waals surface area contributed by atoms with Crippen LogP contribution in [0.4, 0.5) is 28.9 Å². The van der Waals surface area contributed by atoms with Crippen molar-refractivity contribution in [3.8, 4) is 11.5 Å². The number of rotatable bonds is 4. The fourth-order valence-electron chi connectivity index (χ4n) is 3.56. The van der Waals surface area contributed by atoms with Crippen molar-refractivity contribution in [1.82, 2.24) is 25.1 Å². The Bertz CT molecular complexity index is 1130. The summed E-state index contributed by atoms with van der Waals surface area (Å²) < 4.78 is 53.4. The van der Waals surface area contributed by atoms with Crippen molar-refractivity contribution in [2.75, 3.05) is 43.4 Å². The van der Waals surface area contributed by atoms with E-state index in [1.165, 1.54) is 19.2 Å². The van der Waals surface area contributed by atoms with E-state index < -0.39 is 23.6 Å². The fraction of sp³-hybridized carbons (Fsp3) is 0.350. The van der Waals surface area contributed by atoms with E-state index in [0.29, 0.717) is 18.8 Å². The van der Waals surface area contributed by atoms with Gasteiger partial charge in [0.05, 0.1) is 11.9 Å². The number of hydrogen-bond donors (Lipinski definition) is 3. The monoisotopic (exact) mass is 451 g/mol. The first-order chi connectivity index (χ1) is 15.1. The zero-order valence-corrected chi connectivity index (χ0v) is 17.3. The van der Waals surface area contributed by atoms with Gasteiger partial charge in [-0.3, -0.25) is 9.89 Å². The molecule has 1 aliphatic heterocycles. The van der Waals surface area contributed by atoms with E-state index in [4.69, 9.17) is 0 Å². The summed E-state index contributed by atoms with van der Waals surface area (Å²) in [4.78, 5) is 23.1. The van der Waals surface area contributed by atoms with Crippen molar-refractivity contribution >= 4 is 17.3 Å². The number of nitrogens with zero attached hydrogens (tertiary/aromatic N) is 4. The van der Waals surface area contributed by atoms with Crippen molar-refractivity contribution in [2.24, 2.45) is 0 Å². The number of alkyl halides is 3. The topological polar surface area (TPSA) is 92.9 Å².